The van der Waals surface area contributed by atoms with Crippen LogP contribution in [0, 0.1) is 11.3 Å². The third-order valence-corrected chi connectivity index (χ3v) is 2.59. The summed E-state index contributed by atoms with van der Waals surface area (Å²) in [6.07, 6.45) is 4.70. The first-order valence-electron chi connectivity index (χ1n) is 4.36. The van der Waals surface area contributed by atoms with Crippen LogP contribution in [0.4, 0.5) is 0 Å². The maximum Gasteiger partial charge on any atom is -0.0323 e. The van der Waals surface area contributed by atoms with Crippen LogP contribution in [0.25, 0.3) is 0 Å². The molecule has 0 N–H and O–H groups in total. The van der Waals surface area contributed by atoms with Gasteiger partial charge in [-0.2, -0.15) is 0 Å². The number of rotatable bonds is 0. The highest BCUT2D eigenvalue weighted by molar-refractivity contribution is 4.98. The summed E-state index contributed by atoms with van der Waals surface area (Å²) in [6, 6.07) is 0. The van der Waals surface area contributed by atoms with Gasteiger partial charge in [-0.1, -0.05) is 26.8 Å². The maximum absolute atomic E-state index is 10.9. The lowest BCUT2D eigenvalue weighted by atomic mass is 9.74. The predicted molar refractivity (Wildman–Crippen MR) is 44.9 cm³/mol. The minimum absolute atomic E-state index is 0.338. The van der Waals surface area contributed by atoms with Crippen LogP contribution in [-0.2, 0) is 0 Å². The normalized spacial score (nSPS) is 26.5. The SMILES string of the molecule is CC(C)(C)C1CC=C([O-])CC1. The van der Waals surface area contributed by atoms with Crippen molar-refractivity contribution in [2.45, 2.75) is 40.0 Å². The van der Waals surface area contributed by atoms with Gasteiger partial charge in [0, 0.05) is 0 Å². The molecule has 1 aliphatic rings. The van der Waals surface area contributed by atoms with Gasteiger partial charge in [0.2, 0.25) is 0 Å². The van der Waals surface area contributed by atoms with E-state index >= 15 is 0 Å². The van der Waals surface area contributed by atoms with E-state index < -0.39 is 0 Å². The number of hydrogen-bond acceptors (Lipinski definition) is 1. The Kier molecular flexibility index (Phi) is 2.26. The van der Waals surface area contributed by atoms with Crippen LogP contribution < -0.4 is 5.11 Å². The summed E-state index contributed by atoms with van der Waals surface area (Å²) in [5.41, 5.74) is 0.372. The predicted octanol–water partition coefficient (Wildman–Crippen LogP) is 2.08. The second-order valence-electron chi connectivity index (χ2n) is 4.51. The zero-order valence-corrected chi connectivity index (χ0v) is 7.68. The van der Waals surface area contributed by atoms with Crippen molar-refractivity contribution in [3.63, 3.8) is 0 Å². The van der Waals surface area contributed by atoms with Crippen molar-refractivity contribution < 1.29 is 5.11 Å². The standard InChI is InChI=1S/C10H18O/c1-10(2,3)8-4-6-9(11)7-5-8/h6,8,11H,4-5,7H2,1-3H3/p-1. The summed E-state index contributed by atoms with van der Waals surface area (Å²) < 4.78 is 0. The van der Waals surface area contributed by atoms with E-state index in [2.05, 4.69) is 20.8 Å². The van der Waals surface area contributed by atoms with Crippen LogP contribution in [0.5, 0.6) is 0 Å². The molecular formula is C10H17O-. The van der Waals surface area contributed by atoms with Crippen LogP contribution in [-0.4, -0.2) is 0 Å². The third-order valence-electron chi connectivity index (χ3n) is 2.59. The molecule has 64 valence electrons. The average molecular weight is 153 g/mol. The molecule has 1 rings (SSSR count). The molecule has 0 amide bonds. The summed E-state index contributed by atoms with van der Waals surface area (Å²) in [7, 11) is 0. The first kappa shape index (κ1) is 8.63. The molecule has 1 atom stereocenters. The summed E-state index contributed by atoms with van der Waals surface area (Å²) in [6.45, 7) is 6.75. The molecule has 1 unspecified atom stereocenters. The van der Waals surface area contributed by atoms with E-state index in [9.17, 15) is 5.11 Å². The molecule has 0 fully saturated rings. The highest BCUT2D eigenvalue weighted by Gasteiger charge is 2.24. The Morgan fingerprint density at radius 1 is 1.45 bits per heavy atom. The van der Waals surface area contributed by atoms with E-state index in [1.807, 2.05) is 6.08 Å². The van der Waals surface area contributed by atoms with Gasteiger partial charge >= 0.3 is 0 Å². The van der Waals surface area contributed by atoms with E-state index in [1.54, 1.807) is 0 Å². The Balaban J connectivity index is 2.54. The van der Waals surface area contributed by atoms with Crippen LogP contribution in [0.15, 0.2) is 11.8 Å². The zero-order valence-electron chi connectivity index (χ0n) is 7.68. The van der Waals surface area contributed by atoms with Gasteiger partial charge in [-0.25, -0.2) is 0 Å². The topological polar surface area (TPSA) is 23.1 Å². The quantitative estimate of drug-likeness (QED) is 0.522. The lowest BCUT2D eigenvalue weighted by Crippen LogP contribution is -2.24. The Hall–Kier alpha value is -0.460. The molecular weight excluding hydrogens is 136 g/mol. The second-order valence-corrected chi connectivity index (χ2v) is 4.51. The van der Waals surface area contributed by atoms with Gasteiger partial charge in [0.25, 0.3) is 0 Å². The molecule has 0 aromatic carbocycles. The van der Waals surface area contributed by atoms with E-state index in [0.717, 1.165) is 19.3 Å². The molecule has 11 heavy (non-hydrogen) atoms. The monoisotopic (exact) mass is 153 g/mol. The van der Waals surface area contributed by atoms with Gasteiger partial charge in [-0.3, -0.25) is 0 Å². The van der Waals surface area contributed by atoms with Crippen LogP contribution >= 0.6 is 0 Å². The van der Waals surface area contributed by atoms with Crippen LogP contribution in [0.3, 0.4) is 0 Å². The fourth-order valence-electron chi connectivity index (χ4n) is 1.60. The fraction of sp³-hybridized carbons (Fsp3) is 0.800. The summed E-state index contributed by atoms with van der Waals surface area (Å²) >= 11 is 0. The molecule has 0 saturated carbocycles. The first-order valence-corrected chi connectivity index (χ1v) is 4.36. The Morgan fingerprint density at radius 2 is 2.09 bits per heavy atom. The van der Waals surface area contributed by atoms with Crippen molar-refractivity contribution in [3.05, 3.63) is 11.8 Å². The highest BCUT2D eigenvalue weighted by Crippen LogP contribution is 2.35. The van der Waals surface area contributed by atoms with Gasteiger partial charge in [0.15, 0.2) is 0 Å². The maximum atomic E-state index is 10.9. The molecule has 1 nitrogen and oxygen atoms in total. The van der Waals surface area contributed by atoms with Crippen molar-refractivity contribution >= 4 is 0 Å². The Labute approximate surface area is 69.1 Å². The minimum Gasteiger partial charge on any atom is -0.876 e. The molecule has 0 radical (unpaired) electrons. The first-order chi connectivity index (χ1) is 5.00. The van der Waals surface area contributed by atoms with E-state index in [0.29, 0.717) is 17.1 Å². The lowest BCUT2D eigenvalue weighted by Gasteiger charge is -2.34. The summed E-state index contributed by atoms with van der Waals surface area (Å²) in [5, 5.41) is 10.9. The van der Waals surface area contributed by atoms with Gasteiger partial charge in [-0.05, 0) is 30.6 Å². The molecule has 0 aliphatic heterocycles. The molecule has 0 bridgehead atoms. The third kappa shape index (κ3) is 2.25. The molecule has 1 aliphatic carbocycles. The molecule has 0 spiro atoms. The Bertz CT molecular complexity index is 162. The molecule has 0 aromatic heterocycles. The van der Waals surface area contributed by atoms with Gasteiger partial charge in [0.05, 0.1) is 0 Å². The number of allylic oxidation sites excluding steroid dienone is 2. The van der Waals surface area contributed by atoms with Crippen molar-refractivity contribution in [1.82, 2.24) is 0 Å². The minimum atomic E-state index is 0.338. The van der Waals surface area contributed by atoms with Crippen molar-refractivity contribution in [1.29, 1.82) is 0 Å². The summed E-state index contributed by atoms with van der Waals surface area (Å²) in [5.74, 6) is 1.05. The molecule has 0 heterocycles. The van der Waals surface area contributed by atoms with Gasteiger partial charge in [0.1, 0.15) is 0 Å². The summed E-state index contributed by atoms with van der Waals surface area (Å²) in [4.78, 5) is 0. The largest absolute Gasteiger partial charge is 0.876 e. The van der Waals surface area contributed by atoms with Crippen molar-refractivity contribution in [2.24, 2.45) is 11.3 Å². The molecule has 1 heteroatoms. The number of hydrogen-bond donors (Lipinski definition) is 0. The van der Waals surface area contributed by atoms with E-state index in [-0.39, 0.29) is 0 Å². The zero-order chi connectivity index (χ0) is 8.48. The fourth-order valence-corrected chi connectivity index (χ4v) is 1.60. The average Bonchev–Trinajstić information content (AvgIpc) is 1.86. The van der Waals surface area contributed by atoms with E-state index in [1.165, 1.54) is 0 Å². The highest BCUT2D eigenvalue weighted by atomic mass is 16.3. The van der Waals surface area contributed by atoms with Crippen molar-refractivity contribution in [3.8, 4) is 0 Å². The molecule has 0 saturated heterocycles. The Morgan fingerprint density at radius 3 is 2.45 bits per heavy atom. The van der Waals surface area contributed by atoms with E-state index in [4.69, 9.17) is 0 Å². The smallest absolute Gasteiger partial charge is 0.0323 e. The second kappa shape index (κ2) is 2.88. The van der Waals surface area contributed by atoms with Crippen LogP contribution in [0.2, 0.25) is 0 Å². The van der Waals surface area contributed by atoms with Gasteiger partial charge in [-0.15, -0.1) is 5.76 Å². The van der Waals surface area contributed by atoms with Crippen LogP contribution in [0.1, 0.15) is 40.0 Å². The van der Waals surface area contributed by atoms with Gasteiger partial charge < -0.3 is 5.11 Å². The lowest BCUT2D eigenvalue weighted by molar-refractivity contribution is -0.309. The molecule has 0 aromatic rings. The van der Waals surface area contributed by atoms with Crippen molar-refractivity contribution in [2.75, 3.05) is 0 Å².